The molecule has 0 aliphatic carbocycles. The van der Waals surface area contributed by atoms with Crippen LogP contribution in [0.25, 0.3) is 0 Å². The standard InChI is InChI=1S/C21H27N3O2/c1-16(2)26-21(25)19-17(3)9-10-22-20(19)24-13-11-23(12-14-24)15-18-7-5-4-6-8-18/h4-10,16H,11-15H2,1-3H3. The van der Waals surface area contributed by atoms with Crippen molar-refractivity contribution < 1.29 is 9.53 Å². The second-order valence-corrected chi connectivity index (χ2v) is 7.03. The first-order valence-electron chi connectivity index (χ1n) is 9.22. The number of aromatic nitrogens is 1. The molecule has 1 aliphatic rings. The molecule has 2 heterocycles. The first-order chi connectivity index (χ1) is 12.5. The molecule has 0 bridgehead atoms. The van der Waals surface area contributed by atoms with Crippen LogP contribution in [0.1, 0.15) is 35.3 Å². The molecule has 0 N–H and O–H groups in total. The minimum Gasteiger partial charge on any atom is -0.459 e. The van der Waals surface area contributed by atoms with E-state index in [2.05, 4.69) is 39.0 Å². The highest BCUT2D eigenvalue weighted by Crippen LogP contribution is 2.24. The number of ether oxygens (including phenoxy) is 1. The average molecular weight is 353 g/mol. The zero-order chi connectivity index (χ0) is 18.5. The van der Waals surface area contributed by atoms with Gasteiger partial charge in [0.2, 0.25) is 0 Å². The highest BCUT2D eigenvalue weighted by atomic mass is 16.5. The Balaban J connectivity index is 1.69. The van der Waals surface area contributed by atoms with Crippen LogP contribution < -0.4 is 4.90 Å². The normalized spacial score (nSPS) is 15.3. The Morgan fingerprint density at radius 3 is 2.46 bits per heavy atom. The summed E-state index contributed by atoms with van der Waals surface area (Å²) in [4.78, 5) is 21.7. The van der Waals surface area contributed by atoms with Gasteiger partial charge < -0.3 is 9.64 Å². The van der Waals surface area contributed by atoms with Crippen LogP contribution in [0.15, 0.2) is 42.6 Å². The second-order valence-electron chi connectivity index (χ2n) is 7.03. The number of anilines is 1. The highest BCUT2D eigenvalue weighted by molar-refractivity contribution is 5.96. The maximum absolute atomic E-state index is 12.5. The molecule has 1 aromatic heterocycles. The van der Waals surface area contributed by atoms with Crippen molar-refractivity contribution in [1.29, 1.82) is 0 Å². The van der Waals surface area contributed by atoms with E-state index in [4.69, 9.17) is 4.74 Å². The molecule has 0 unspecified atom stereocenters. The third-order valence-corrected chi connectivity index (χ3v) is 4.61. The van der Waals surface area contributed by atoms with Gasteiger partial charge in [-0.25, -0.2) is 9.78 Å². The maximum atomic E-state index is 12.5. The fourth-order valence-electron chi connectivity index (χ4n) is 3.27. The van der Waals surface area contributed by atoms with Crippen LogP contribution in [0.4, 0.5) is 5.82 Å². The summed E-state index contributed by atoms with van der Waals surface area (Å²) < 4.78 is 5.43. The number of hydrogen-bond acceptors (Lipinski definition) is 5. The van der Waals surface area contributed by atoms with Crippen molar-refractivity contribution in [1.82, 2.24) is 9.88 Å². The van der Waals surface area contributed by atoms with E-state index in [0.29, 0.717) is 5.56 Å². The van der Waals surface area contributed by atoms with E-state index >= 15 is 0 Å². The van der Waals surface area contributed by atoms with Gasteiger partial charge in [0.05, 0.1) is 6.10 Å². The molecule has 1 fully saturated rings. The third-order valence-electron chi connectivity index (χ3n) is 4.61. The average Bonchev–Trinajstić information content (AvgIpc) is 2.62. The lowest BCUT2D eigenvalue weighted by molar-refractivity contribution is 0.0377. The molecule has 0 amide bonds. The van der Waals surface area contributed by atoms with Gasteiger partial charge in [0, 0.05) is 38.9 Å². The summed E-state index contributed by atoms with van der Waals surface area (Å²) in [6.45, 7) is 10.2. The van der Waals surface area contributed by atoms with Gasteiger partial charge in [-0.05, 0) is 38.0 Å². The number of hydrogen-bond donors (Lipinski definition) is 0. The monoisotopic (exact) mass is 353 g/mol. The lowest BCUT2D eigenvalue weighted by Crippen LogP contribution is -2.46. The van der Waals surface area contributed by atoms with Gasteiger partial charge in [-0.2, -0.15) is 0 Å². The van der Waals surface area contributed by atoms with Gasteiger partial charge in [0.25, 0.3) is 0 Å². The van der Waals surface area contributed by atoms with Gasteiger partial charge in [-0.15, -0.1) is 0 Å². The number of pyridine rings is 1. The molecule has 5 nitrogen and oxygen atoms in total. The van der Waals surface area contributed by atoms with Crippen LogP contribution >= 0.6 is 0 Å². The number of aryl methyl sites for hydroxylation is 1. The van der Waals surface area contributed by atoms with Crippen molar-refractivity contribution >= 4 is 11.8 Å². The highest BCUT2D eigenvalue weighted by Gasteiger charge is 2.25. The Kier molecular flexibility index (Phi) is 5.89. The maximum Gasteiger partial charge on any atom is 0.342 e. The van der Waals surface area contributed by atoms with Gasteiger partial charge in [-0.3, -0.25) is 4.90 Å². The number of piperazine rings is 1. The number of carbonyl (C=O) groups is 1. The lowest BCUT2D eigenvalue weighted by Gasteiger charge is -2.36. The minimum atomic E-state index is -0.285. The molecule has 0 saturated carbocycles. The van der Waals surface area contributed by atoms with Crippen molar-refractivity contribution in [3.8, 4) is 0 Å². The van der Waals surface area contributed by atoms with E-state index in [9.17, 15) is 4.79 Å². The Bertz CT molecular complexity index is 738. The number of rotatable bonds is 5. The predicted molar refractivity (Wildman–Crippen MR) is 103 cm³/mol. The van der Waals surface area contributed by atoms with Crippen molar-refractivity contribution in [3.63, 3.8) is 0 Å². The molecule has 138 valence electrons. The topological polar surface area (TPSA) is 45.7 Å². The zero-order valence-corrected chi connectivity index (χ0v) is 15.8. The molecule has 26 heavy (non-hydrogen) atoms. The molecule has 1 saturated heterocycles. The van der Waals surface area contributed by atoms with Crippen molar-refractivity contribution in [2.45, 2.75) is 33.4 Å². The minimum absolute atomic E-state index is 0.141. The molecule has 0 atom stereocenters. The molecule has 3 rings (SSSR count). The number of carbonyl (C=O) groups excluding carboxylic acids is 1. The molecule has 2 aromatic rings. The Morgan fingerprint density at radius 1 is 1.12 bits per heavy atom. The predicted octanol–water partition coefficient (Wildman–Crippen LogP) is 3.28. The first-order valence-corrected chi connectivity index (χ1v) is 9.22. The first kappa shape index (κ1) is 18.4. The van der Waals surface area contributed by atoms with Crippen molar-refractivity contribution in [3.05, 3.63) is 59.3 Å². The smallest absolute Gasteiger partial charge is 0.342 e. The third kappa shape index (κ3) is 4.41. The van der Waals surface area contributed by atoms with Crippen LogP contribution in [-0.2, 0) is 11.3 Å². The van der Waals surface area contributed by atoms with Crippen LogP contribution in [-0.4, -0.2) is 48.1 Å². The summed E-state index contributed by atoms with van der Waals surface area (Å²) in [7, 11) is 0. The summed E-state index contributed by atoms with van der Waals surface area (Å²) in [5.41, 5.74) is 2.83. The van der Waals surface area contributed by atoms with E-state index in [1.165, 1.54) is 5.56 Å². The van der Waals surface area contributed by atoms with Crippen LogP contribution in [0, 0.1) is 6.92 Å². The van der Waals surface area contributed by atoms with Gasteiger partial charge in [-0.1, -0.05) is 30.3 Å². The Labute approximate surface area is 155 Å². The van der Waals surface area contributed by atoms with E-state index in [-0.39, 0.29) is 12.1 Å². The SMILES string of the molecule is Cc1ccnc(N2CCN(Cc3ccccc3)CC2)c1C(=O)OC(C)C. The molecule has 1 aromatic carbocycles. The quantitative estimate of drug-likeness (QED) is 0.772. The van der Waals surface area contributed by atoms with E-state index in [1.54, 1.807) is 6.20 Å². The Morgan fingerprint density at radius 2 is 1.81 bits per heavy atom. The summed E-state index contributed by atoms with van der Waals surface area (Å²) in [6.07, 6.45) is 1.63. The van der Waals surface area contributed by atoms with E-state index in [1.807, 2.05) is 32.9 Å². The van der Waals surface area contributed by atoms with Crippen molar-refractivity contribution in [2.24, 2.45) is 0 Å². The number of esters is 1. The zero-order valence-electron chi connectivity index (χ0n) is 15.8. The van der Waals surface area contributed by atoms with E-state index in [0.717, 1.165) is 44.1 Å². The summed E-state index contributed by atoms with van der Waals surface area (Å²) in [5.74, 6) is 0.460. The van der Waals surface area contributed by atoms with Crippen LogP contribution in [0.3, 0.4) is 0 Å². The van der Waals surface area contributed by atoms with Gasteiger partial charge in [0.1, 0.15) is 11.4 Å². The largest absolute Gasteiger partial charge is 0.459 e. The summed E-state index contributed by atoms with van der Waals surface area (Å²) in [6, 6.07) is 12.4. The number of benzene rings is 1. The molecular weight excluding hydrogens is 326 g/mol. The number of nitrogens with zero attached hydrogens (tertiary/aromatic N) is 3. The second kappa shape index (κ2) is 8.32. The van der Waals surface area contributed by atoms with Gasteiger partial charge in [0.15, 0.2) is 0 Å². The molecule has 0 spiro atoms. The van der Waals surface area contributed by atoms with Crippen molar-refractivity contribution in [2.75, 3.05) is 31.1 Å². The fourth-order valence-corrected chi connectivity index (χ4v) is 3.27. The molecule has 1 aliphatic heterocycles. The van der Waals surface area contributed by atoms with E-state index < -0.39 is 0 Å². The van der Waals surface area contributed by atoms with Crippen LogP contribution in [0.5, 0.6) is 0 Å². The fraction of sp³-hybridized carbons (Fsp3) is 0.429. The Hall–Kier alpha value is -2.40. The van der Waals surface area contributed by atoms with Crippen LogP contribution in [0.2, 0.25) is 0 Å². The summed E-state index contributed by atoms with van der Waals surface area (Å²) in [5, 5.41) is 0. The lowest BCUT2D eigenvalue weighted by atomic mass is 10.1. The molecule has 5 heteroatoms. The van der Waals surface area contributed by atoms with Gasteiger partial charge >= 0.3 is 5.97 Å². The molecular formula is C21H27N3O2. The molecule has 0 radical (unpaired) electrons. The summed E-state index contributed by atoms with van der Waals surface area (Å²) >= 11 is 0.